The molecule has 0 unspecified atom stereocenters. The summed E-state index contributed by atoms with van der Waals surface area (Å²) >= 11 is 1.68. The van der Waals surface area contributed by atoms with E-state index in [1.807, 2.05) is 30.5 Å². The van der Waals surface area contributed by atoms with E-state index in [2.05, 4.69) is 15.5 Å². The number of aromatic nitrogens is 2. The normalized spacial score (nSPS) is 10.5. The van der Waals surface area contributed by atoms with Crippen molar-refractivity contribution in [3.63, 3.8) is 0 Å². The topological polar surface area (TPSA) is 86.5 Å². The van der Waals surface area contributed by atoms with Gasteiger partial charge in [-0.2, -0.15) is 0 Å². The number of methoxy groups -OCH3 is 2. The first kappa shape index (κ1) is 18.8. The number of hydrogen-bond donors (Lipinski definition) is 1. The summed E-state index contributed by atoms with van der Waals surface area (Å²) in [7, 11) is 3.04. The molecule has 0 bridgehead atoms. The highest BCUT2D eigenvalue weighted by Gasteiger charge is 2.14. The molecular weight excluding hydrogens is 366 g/mol. The lowest BCUT2D eigenvalue weighted by Gasteiger charge is -2.07. The molecule has 0 saturated heterocycles. The maximum absolute atomic E-state index is 12.4. The minimum absolute atomic E-state index is 0.0394. The van der Waals surface area contributed by atoms with Crippen molar-refractivity contribution in [2.45, 2.75) is 11.3 Å². The zero-order chi connectivity index (χ0) is 19.2. The van der Waals surface area contributed by atoms with Crippen LogP contribution in [0.3, 0.4) is 0 Å². The predicted molar refractivity (Wildman–Crippen MR) is 103 cm³/mol. The van der Waals surface area contributed by atoms with Gasteiger partial charge in [0.2, 0.25) is 5.89 Å². The molecule has 0 aliphatic heterocycles. The number of hydrogen-bond acceptors (Lipinski definition) is 7. The van der Waals surface area contributed by atoms with Crippen LogP contribution in [-0.2, 0) is 6.42 Å². The second-order valence-corrected chi connectivity index (χ2v) is 6.46. The molecule has 8 heteroatoms. The number of thioether (sulfide) groups is 1. The molecule has 1 N–H and O–H groups in total. The van der Waals surface area contributed by atoms with E-state index in [-0.39, 0.29) is 6.01 Å². The summed E-state index contributed by atoms with van der Waals surface area (Å²) in [6, 6.07) is 13.0. The largest absolute Gasteiger partial charge is 0.497 e. The molecule has 0 atom stereocenters. The van der Waals surface area contributed by atoms with E-state index in [0.29, 0.717) is 29.4 Å². The van der Waals surface area contributed by atoms with Crippen LogP contribution >= 0.6 is 11.8 Å². The Balaban J connectivity index is 1.68. The molecule has 1 aromatic heterocycles. The molecule has 0 radical (unpaired) electrons. The summed E-state index contributed by atoms with van der Waals surface area (Å²) in [6.45, 7) is 0. The Morgan fingerprint density at radius 1 is 1.07 bits per heavy atom. The van der Waals surface area contributed by atoms with Gasteiger partial charge < -0.3 is 13.9 Å². The molecule has 0 spiro atoms. The highest BCUT2D eigenvalue weighted by Crippen LogP contribution is 2.23. The van der Waals surface area contributed by atoms with Crippen molar-refractivity contribution in [1.82, 2.24) is 10.2 Å². The zero-order valence-electron chi connectivity index (χ0n) is 15.2. The average Bonchev–Trinajstić information content (AvgIpc) is 3.14. The van der Waals surface area contributed by atoms with Gasteiger partial charge in [0.25, 0.3) is 5.91 Å². The Morgan fingerprint density at radius 3 is 2.33 bits per heavy atom. The third-order valence-corrected chi connectivity index (χ3v) is 4.56. The van der Waals surface area contributed by atoms with E-state index in [1.54, 1.807) is 30.0 Å². The van der Waals surface area contributed by atoms with Crippen molar-refractivity contribution in [1.29, 1.82) is 0 Å². The maximum Gasteiger partial charge on any atom is 0.322 e. The molecule has 7 nitrogen and oxygen atoms in total. The standard InChI is InChI=1S/C19H19N3O4S/c1-24-14-9-13(10-15(11-14)25-2)18(23)20-19-22-21-17(26-19)8-12-4-6-16(27-3)7-5-12/h4-7,9-11H,8H2,1-3H3,(H,20,22,23). The van der Waals surface area contributed by atoms with Crippen LogP contribution in [0.1, 0.15) is 21.8 Å². The highest BCUT2D eigenvalue weighted by molar-refractivity contribution is 7.98. The first-order chi connectivity index (χ1) is 13.1. The van der Waals surface area contributed by atoms with Crippen molar-refractivity contribution in [3.8, 4) is 11.5 Å². The lowest BCUT2D eigenvalue weighted by atomic mass is 10.1. The molecule has 0 aliphatic rings. The number of benzene rings is 2. The van der Waals surface area contributed by atoms with Gasteiger partial charge in [0.15, 0.2) is 0 Å². The molecule has 0 aliphatic carbocycles. The lowest BCUT2D eigenvalue weighted by molar-refractivity contribution is 0.102. The third kappa shape index (κ3) is 4.79. The molecular formula is C19H19N3O4S. The predicted octanol–water partition coefficient (Wildman–Crippen LogP) is 3.65. The van der Waals surface area contributed by atoms with Gasteiger partial charge in [0.05, 0.1) is 20.6 Å². The molecule has 140 valence electrons. The molecule has 27 heavy (non-hydrogen) atoms. The van der Waals surface area contributed by atoms with E-state index < -0.39 is 5.91 Å². The van der Waals surface area contributed by atoms with Crippen LogP contribution in [-0.4, -0.2) is 36.6 Å². The fraction of sp³-hybridized carbons (Fsp3) is 0.211. The second-order valence-electron chi connectivity index (χ2n) is 5.58. The Hall–Kier alpha value is -3.00. The van der Waals surface area contributed by atoms with Gasteiger partial charge in [-0.1, -0.05) is 17.2 Å². The number of nitrogens with one attached hydrogen (secondary N) is 1. The van der Waals surface area contributed by atoms with Crippen molar-refractivity contribution >= 4 is 23.7 Å². The van der Waals surface area contributed by atoms with Crippen LogP contribution < -0.4 is 14.8 Å². The van der Waals surface area contributed by atoms with Crippen molar-refractivity contribution in [2.24, 2.45) is 0 Å². The first-order valence-electron chi connectivity index (χ1n) is 8.11. The van der Waals surface area contributed by atoms with Crippen molar-refractivity contribution in [2.75, 3.05) is 25.8 Å². The van der Waals surface area contributed by atoms with Crippen molar-refractivity contribution in [3.05, 3.63) is 59.5 Å². The number of ether oxygens (including phenoxy) is 2. The molecule has 2 aromatic carbocycles. The van der Waals surface area contributed by atoms with Gasteiger partial charge in [-0.25, -0.2) is 0 Å². The summed E-state index contributed by atoms with van der Waals surface area (Å²) in [5.74, 6) is 1.05. The van der Waals surface area contributed by atoms with Crippen LogP contribution in [0.15, 0.2) is 51.8 Å². The SMILES string of the molecule is COc1cc(OC)cc(C(=O)Nc2nnc(Cc3ccc(SC)cc3)o2)c1. The van der Waals surface area contributed by atoms with Crippen LogP contribution in [0, 0.1) is 0 Å². The summed E-state index contributed by atoms with van der Waals surface area (Å²) in [5, 5.41) is 10.5. The van der Waals surface area contributed by atoms with Gasteiger partial charge in [-0.15, -0.1) is 16.9 Å². The number of rotatable bonds is 7. The zero-order valence-corrected chi connectivity index (χ0v) is 16.0. The number of carbonyl (C=O) groups is 1. The van der Waals surface area contributed by atoms with E-state index in [1.165, 1.54) is 19.1 Å². The summed E-state index contributed by atoms with van der Waals surface area (Å²) in [5.41, 5.74) is 1.41. The Kier molecular flexibility index (Phi) is 5.97. The summed E-state index contributed by atoms with van der Waals surface area (Å²) in [6.07, 6.45) is 2.52. The van der Waals surface area contributed by atoms with Gasteiger partial charge in [0, 0.05) is 16.5 Å². The van der Waals surface area contributed by atoms with Crippen LogP contribution in [0.5, 0.6) is 11.5 Å². The molecule has 3 aromatic rings. The van der Waals surface area contributed by atoms with E-state index in [9.17, 15) is 4.79 Å². The average molecular weight is 385 g/mol. The highest BCUT2D eigenvalue weighted by atomic mass is 32.2. The number of carbonyl (C=O) groups excluding carboxylic acids is 1. The molecule has 3 rings (SSSR count). The molecule has 1 heterocycles. The first-order valence-corrected chi connectivity index (χ1v) is 9.33. The fourth-order valence-corrected chi connectivity index (χ4v) is 2.81. The van der Waals surface area contributed by atoms with Crippen LogP contribution in [0.4, 0.5) is 6.01 Å². The monoisotopic (exact) mass is 385 g/mol. The Morgan fingerprint density at radius 2 is 1.74 bits per heavy atom. The summed E-state index contributed by atoms with van der Waals surface area (Å²) in [4.78, 5) is 13.6. The Bertz CT molecular complexity index is 903. The molecule has 0 fully saturated rings. The number of nitrogens with zero attached hydrogens (tertiary/aromatic N) is 2. The quantitative estimate of drug-likeness (QED) is 0.621. The van der Waals surface area contributed by atoms with Crippen LogP contribution in [0.25, 0.3) is 0 Å². The number of anilines is 1. The van der Waals surface area contributed by atoms with E-state index >= 15 is 0 Å². The van der Waals surface area contributed by atoms with Crippen molar-refractivity contribution < 1.29 is 18.7 Å². The third-order valence-electron chi connectivity index (χ3n) is 3.82. The molecule has 1 amide bonds. The van der Waals surface area contributed by atoms with Gasteiger partial charge in [0.1, 0.15) is 11.5 Å². The van der Waals surface area contributed by atoms with Gasteiger partial charge >= 0.3 is 6.01 Å². The maximum atomic E-state index is 12.4. The van der Waals surface area contributed by atoms with Gasteiger partial charge in [-0.05, 0) is 36.1 Å². The smallest absolute Gasteiger partial charge is 0.322 e. The lowest BCUT2D eigenvalue weighted by Crippen LogP contribution is -2.12. The van der Waals surface area contributed by atoms with E-state index in [4.69, 9.17) is 13.9 Å². The van der Waals surface area contributed by atoms with Gasteiger partial charge in [-0.3, -0.25) is 10.1 Å². The molecule has 0 saturated carbocycles. The second kappa shape index (κ2) is 8.59. The Labute approximate surface area is 161 Å². The van der Waals surface area contributed by atoms with E-state index in [0.717, 1.165) is 5.56 Å². The fourth-order valence-electron chi connectivity index (χ4n) is 2.40. The minimum Gasteiger partial charge on any atom is -0.497 e. The minimum atomic E-state index is -0.397. The number of amides is 1. The van der Waals surface area contributed by atoms with Crippen LogP contribution in [0.2, 0.25) is 0 Å². The summed E-state index contributed by atoms with van der Waals surface area (Å²) < 4.78 is 15.9.